The van der Waals surface area contributed by atoms with Crippen molar-refractivity contribution < 1.29 is 10.0 Å². The molecular formula is C12H12BNO2. The van der Waals surface area contributed by atoms with Crippen molar-refractivity contribution in [1.29, 1.82) is 0 Å². The summed E-state index contributed by atoms with van der Waals surface area (Å²) in [5.74, 6) is 0. The Morgan fingerprint density at radius 2 is 1.88 bits per heavy atom. The first-order chi connectivity index (χ1) is 7.66. The summed E-state index contributed by atoms with van der Waals surface area (Å²) in [5.41, 5.74) is 3.47. The Morgan fingerprint density at radius 3 is 2.56 bits per heavy atom. The van der Waals surface area contributed by atoms with E-state index in [1.165, 1.54) is 6.20 Å². The first kappa shape index (κ1) is 10.9. The smallest absolute Gasteiger partial charge is 0.423 e. The molecule has 1 heterocycles. The van der Waals surface area contributed by atoms with E-state index in [4.69, 9.17) is 10.0 Å². The Labute approximate surface area is 94.6 Å². The van der Waals surface area contributed by atoms with E-state index in [2.05, 4.69) is 4.98 Å². The molecule has 2 N–H and O–H groups in total. The molecular weight excluding hydrogens is 201 g/mol. The molecule has 1 aromatic heterocycles. The van der Waals surface area contributed by atoms with Crippen molar-refractivity contribution >= 4 is 12.6 Å². The van der Waals surface area contributed by atoms with Crippen molar-refractivity contribution in [3.8, 4) is 11.1 Å². The Kier molecular flexibility index (Phi) is 3.03. The molecule has 1 aromatic carbocycles. The van der Waals surface area contributed by atoms with Gasteiger partial charge in [0, 0.05) is 17.9 Å². The minimum Gasteiger partial charge on any atom is -0.423 e. The van der Waals surface area contributed by atoms with Gasteiger partial charge in [0.25, 0.3) is 0 Å². The molecule has 16 heavy (non-hydrogen) atoms. The van der Waals surface area contributed by atoms with Crippen LogP contribution in [-0.4, -0.2) is 22.2 Å². The van der Waals surface area contributed by atoms with E-state index in [0.29, 0.717) is 5.46 Å². The lowest BCUT2D eigenvalue weighted by atomic mass is 9.80. The van der Waals surface area contributed by atoms with E-state index < -0.39 is 7.12 Å². The van der Waals surface area contributed by atoms with Crippen LogP contribution in [0.5, 0.6) is 0 Å². The van der Waals surface area contributed by atoms with Crippen LogP contribution in [0.1, 0.15) is 5.56 Å². The van der Waals surface area contributed by atoms with E-state index in [1.54, 1.807) is 12.3 Å². The molecule has 0 radical (unpaired) electrons. The van der Waals surface area contributed by atoms with E-state index in [9.17, 15) is 0 Å². The van der Waals surface area contributed by atoms with Crippen LogP contribution in [0, 0.1) is 6.92 Å². The number of rotatable bonds is 2. The van der Waals surface area contributed by atoms with Crippen LogP contribution in [0.15, 0.2) is 42.7 Å². The van der Waals surface area contributed by atoms with Gasteiger partial charge in [-0.05, 0) is 18.1 Å². The summed E-state index contributed by atoms with van der Waals surface area (Å²) in [6.45, 7) is 2.02. The van der Waals surface area contributed by atoms with Gasteiger partial charge in [-0.15, -0.1) is 0 Å². The van der Waals surface area contributed by atoms with Crippen LogP contribution in [0.4, 0.5) is 0 Å². The molecule has 0 spiro atoms. The zero-order chi connectivity index (χ0) is 11.5. The molecule has 80 valence electrons. The molecule has 3 nitrogen and oxygen atoms in total. The molecule has 0 aliphatic carbocycles. The molecule has 0 saturated heterocycles. The maximum atomic E-state index is 9.07. The summed E-state index contributed by atoms with van der Waals surface area (Å²) < 4.78 is 0. The van der Waals surface area contributed by atoms with Gasteiger partial charge in [0.2, 0.25) is 0 Å². The molecule has 0 atom stereocenters. The number of pyridine rings is 1. The predicted molar refractivity (Wildman–Crippen MR) is 64.2 cm³/mol. The molecule has 0 saturated carbocycles. The Balaban J connectivity index is 2.44. The highest BCUT2D eigenvalue weighted by molar-refractivity contribution is 6.58. The van der Waals surface area contributed by atoms with Crippen LogP contribution in [0.25, 0.3) is 11.1 Å². The Morgan fingerprint density at radius 1 is 1.06 bits per heavy atom. The van der Waals surface area contributed by atoms with E-state index in [0.717, 1.165) is 16.7 Å². The Bertz CT molecular complexity index is 500. The van der Waals surface area contributed by atoms with Gasteiger partial charge in [0.05, 0.1) is 0 Å². The molecule has 0 aliphatic rings. The second-order valence-electron chi connectivity index (χ2n) is 3.75. The lowest BCUT2D eigenvalue weighted by molar-refractivity contribution is 0.425. The maximum absolute atomic E-state index is 9.07. The SMILES string of the molecule is Cc1cccc(-c2cncc(B(O)O)c2)c1. The van der Waals surface area contributed by atoms with Gasteiger partial charge in [-0.2, -0.15) is 0 Å². The van der Waals surface area contributed by atoms with Crippen molar-refractivity contribution in [2.24, 2.45) is 0 Å². The summed E-state index contributed by atoms with van der Waals surface area (Å²) in [6, 6.07) is 9.71. The third-order valence-electron chi connectivity index (χ3n) is 2.41. The maximum Gasteiger partial charge on any atom is 0.490 e. The summed E-state index contributed by atoms with van der Waals surface area (Å²) in [5, 5.41) is 18.1. The predicted octanol–water partition coefficient (Wildman–Crippen LogP) is 0.737. The number of aromatic nitrogens is 1. The highest BCUT2D eigenvalue weighted by Crippen LogP contribution is 2.18. The molecule has 0 fully saturated rings. The number of hydrogen-bond donors (Lipinski definition) is 2. The van der Waals surface area contributed by atoms with Crippen LogP contribution in [-0.2, 0) is 0 Å². The van der Waals surface area contributed by atoms with E-state index >= 15 is 0 Å². The second kappa shape index (κ2) is 4.47. The zero-order valence-electron chi connectivity index (χ0n) is 8.96. The second-order valence-corrected chi connectivity index (χ2v) is 3.75. The third kappa shape index (κ3) is 2.29. The van der Waals surface area contributed by atoms with Gasteiger partial charge in [-0.3, -0.25) is 4.98 Å². The highest BCUT2D eigenvalue weighted by atomic mass is 16.4. The van der Waals surface area contributed by atoms with Crippen molar-refractivity contribution in [3.05, 3.63) is 48.3 Å². The molecule has 2 aromatic rings. The van der Waals surface area contributed by atoms with Gasteiger partial charge in [0.1, 0.15) is 0 Å². The van der Waals surface area contributed by atoms with E-state index in [-0.39, 0.29) is 0 Å². The topological polar surface area (TPSA) is 53.4 Å². The normalized spacial score (nSPS) is 10.2. The number of aryl methyl sites for hydroxylation is 1. The van der Waals surface area contributed by atoms with Crippen LogP contribution < -0.4 is 5.46 Å². The summed E-state index contributed by atoms with van der Waals surface area (Å²) in [4.78, 5) is 3.99. The number of nitrogens with zero attached hydrogens (tertiary/aromatic N) is 1. The van der Waals surface area contributed by atoms with Crippen molar-refractivity contribution in [3.63, 3.8) is 0 Å². The average molecular weight is 213 g/mol. The fourth-order valence-electron chi connectivity index (χ4n) is 1.58. The fourth-order valence-corrected chi connectivity index (χ4v) is 1.58. The summed E-state index contributed by atoms with van der Waals surface area (Å²) in [6.07, 6.45) is 3.16. The molecule has 0 bridgehead atoms. The first-order valence-corrected chi connectivity index (χ1v) is 5.05. The van der Waals surface area contributed by atoms with Crippen molar-refractivity contribution in [2.45, 2.75) is 6.92 Å². The number of benzene rings is 1. The van der Waals surface area contributed by atoms with Gasteiger partial charge in [-0.25, -0.2) is 0 Å². The highest BCUT2D eigenvalue weighted by Gasteiger charge is 2.11. The van der Waals surface area contributed by atoms with Crippen LogP contribution >= 0.6 is 0 Å². The molecule has 0 amide bonds. The van der Waals surface area contributed by atoms with Crippen LogP contribution in [0.3, 0.4) is 0 Å². The lowest BCUT2D eigenvalue weighted by Gasteiger charge is -2.04. The minimum absolute atomic E-state index is 0.402. The fraction of sp³-hybridized carbons (Fsp3) is 0.0833. The van der Waals surface area contributed by atoms with Gasteiger partial charge >= 0.3 is 7.12 Å². The average Bonchev–Trinajstić information content (AvgIpc) is 2.29. The molecule has 0 unspecified atom stereocenters. The van der Waals surface area contributed by atoms with Crippen molar-refractivity contribution in [2.75, 3.05) is 0 Å². The summed E-state index contributed by atoms with van der Waals surface area (Å²) >= 11 is 0. The molecule has 2 rings (SSSR count). The van der Waals surface area contributed by atoms with Crippen molar-refractivity contribution in [1.82, 2.24) is 4.98 Å². The van der Waals surface area contributed by atoms with E-state index in [1.807, 2.05) is 31.2 Å². The zero-order valence-corrected chi connectivity index (χ0v) is 8.96. The standard InChI is InChI=1S/C12H12BNO2/c1-9-3-2-4-10(5-9)11-6-12(13(15)16)8-14-7-11/h2-8,15-16H,1H3. The number of hydrogen-bond acceptors (Lipinski definition) is 3. The Hall–Kier alpha value is -1.65. The largest absolute Gasteiger partial charge is 0.490 e. The summed E-state index contributed by atoms with van der Waals surface area (Å²) in [7, 11) is -1.47. The quantitative estimate of drug-likeness (QED) is 0.723. The van der Waals surface area contributed by atoms with Gasteiger partial charge in [0.15, 0.2) is 0 Å². The monoisotopic (exact) mass is 213 g/mol. The van der Waals surface area contributed by atoms with Crippen LogP contribution in [0.2, 0.25) is 0 Å². The van der Waals surface area contributed by atoms with Gasteiger partial charge in [-0.1, -0.05) is 35.9 Å². The third-order valence-corrected chi connectivity index (χ3v) is 2.41. The first-order valence-electron chi connectivity index (χ1n) is 5.05. The minimum atomic E-state index is -1.47. The van der Waals surface area contributed by atoms with Gasteiger partial charge < -0.3 is 10.0 Å². The molecule has 0 aliphatic heterocycles. The molecule has 4 heteroatoms. The lowest BCUT2D eigenvalue weighted by Crippen LogP contribution is -2.30.